The molecule has 0 amide bonds. The highest BCUT2D eigenvalue weighted by Crippen LogP contribution is 2.36. The molecule has 0 radical (unpaired) electrons. The van der Waals surface area contributed by atoms with Gasteiger partial charge in [-0.05, 0) is 30.5 Å². The van der Waals surface area contributed by atoms with E-state index in [2.05, 4.69) is 29.7 Å². The number of hydrogen-bond acceptors (Lipinski definition) is 3. The maximum absolute atomic E-state index is 11.8. The third kappa shape index (κ3) is 1.89. The van der Waals surface area contributed by atoms with Crippen LogP contribution in [-0.2, 0) is 11.3 Å². The van der Waals surface area contributed by atoms with Crippen LogP contribution in [0.5, 0.6) is 5.75 Å². The summed E-state index contributed by atoms with van der Waals surface area (Å²) < 4.78 is 6.98. The van der Waals surface area contributed by atoms with Crippen LogP contribution >= 0.6 is 0 Å². The predicted molar refractivity (Wildman–Crippen MR) is 95.6 cm³/mol. The molecular weight excluding hydrogens is 302 g/mol. The quantitative estimate of drug-likeness (QED) is 0.555. The molecule has 0 saturated heterocycles. The molecule has 0 aliphatic rings. The summed E-state index contributed by atoms with van der Waals surface area (Å²) in [5.41, 5.74) is 2.42. The third-order valence-corrected chi connectivity index (χ3v) is 4.58. The summed E-state index contributed by atoms with van der Waals surface area (Å²) >= 11 is 0. The van der Waals surface area contributed by atoms with E-state index in [1.165, 1.54) is 18.0 Å². The number of carbonyl (C=O) groups is 1. The molecule has 1 aromatic heterocycles. The van der Waals surface area contributed by atoms with Crippen molar-refractivity contribution in [2.75, 3.05) is 7.11 Å². The fourth-order valence-corrected chi connectivity index (χ4v) is 3.51. The van der Waals surface area contributed by atoms with Crippen molar-refractivity contribution >= 4 is 38.5 Å². The highest BCUT2D eigenvalue weighted by Gasteiger charge is 2.17. The van der Waals surface area contributed by atoms with E-state index in [-0.39, 0.29) is 11.3 Å². The number of rotatable bonds is 2. The van der Waals surface area contributed by atoms with Gasteiger partial charge in [-0.2, -0.15) is 0 Å². The van der Waals surface area contributed by atoms with Crippen molar-refractivity contribution in [3.05, 3.63) is 54.1 Å². The number of hydrogen-bond donors (Lipinski definition) is 1. The van der Waals surface area contributed by atoms with Gasteiger partial charge in [-0.25, -0.2) is 4.79 Å². The Balaban J connectivity index is 2.18. The second-order valence-electron chi connectivity index (χ2n) is 5.81. The standard InChI is InChI=1S/C20H17NO3/c1-3-21-17-7-5-4-6-13(17)14-9-8-12-10-16(20(23)24-2)18(22)11-15(12)19(14)21/h4-11,22H,3H2,1-2H3. The van der Waals surface area contributed by atoms with Crippen LogP contribution in [0.4, 0.5) is 0 Å². The van der Waals surface area contributed by atoms with E-state index in [0.29, 0.717) is 0 Å². The van der Waals surface area contributed by atoms with Gasteiger partial charge >= 0.3 is 5.97 Å². The van der Waals surface area contributed by atoms with Gasteiger partial charge in [0.1, 0.15) is 11.3 Å². The van der Waals surface area contributed by atoms with Crippen LogP contribution < -0.4 is 0 Å². The highest BCUT2D eigenvalue weighted by molar-refractivity contribution is 6.18. The molecule has 3 aromatic carbocycles. The number of fused-ring (bicyclic) bond motifs is 5. The summed E-state index contributed by atoms with van der Waals surface area (Å²) in [5.74, 6) is -0.597. The van der Waals surface area contributed by atoms with E-state index in [1.807, 2.05) is 18.2 Å². The Kier molecular flexibility index (Phi) is 3.20. The minimum Gasteiger partial charge on any atom is -0.507 e. The molecule has 1 heterocycles. The van der Waals surface area contributed by atoms with E-state index >= 15 is 0 Å². The Hall–Kier alpha value is -3.01. The number of methoxy groups -OCH3 is 1. The SMILES string of the molecule is CCn1c2ccccc2c2ccc3cc(C(=O)OC)c(O)cc3c21. The highest BCUT2D eigenvalue weighted by atomic mass is 16.5. The lowest BCUT2D eigenvalue weighted by molar-refractivity contribution is 0.0597. The number of carbonyl (C=O) groups excluding carboxylic acids is 1. The van der Waals surface area contributed by atoms with Gasteiger partial charge in [-0.1, -0.05) is 30.3 Å². The number of para-hydroxylation sites is 1. The van der Waals surface area contributed by atoms with E-state index < -0.39 is 5.97 Å². The average Bonchev–Trinajstić information content (AvgIpc) is 2.94. The van der Waals surface area contributed by atoms with E-state index in [4.69, 9.17) is 4.74 Å². The molecule has 1 N–H and O–H groups in total. The summed E-state index contributed by atoms with van der Waals surface area (Å²) in [4.78, 5) is 11.8. The molecule has 0 fully saturated rings. The largest absolute Gasteiger partial charge is 0.507 e. The lowest BCUT2D eigenvalue weighted by Gasteiger charge is -2.09. The first-order valence-corrected chi connectivity index (χ1v) is 7.90. The summed E-state index contributed by atoms with van der Waals surface area (Å²) in [6.07, 6.45) is 0. The first-order valence-electron chi connectivity index (χ1n) is 7.90. The van der Waals surface area contributed by atoms with Crippen molar-refractivity contribution in [2.24, 2.45) is 0 Å². The van der Waals surface area contributed by atoms with Crippen molar-refractivity contribution in [3.8, 4) is 5.75 Å². The summed E-state index contributed by atoms with van der Waals surface area (Å²) in [5, 5.41) is 14.5. The Morgan fingerprint density at radius 1 is 1.08 bits per heavy atom. The Morgan fingerprint density at radius 3 is 2.62 bits per heavy atom. The van der Waals surface area contributed by atoms with Crippen LogP contribution in [0.15, 0.2) is 48.5 Å². The Morgan fingerprint density at radius 2 is 1.88 bits per heavy atom. The Bertz CT molecular complexity index is 1110. The van der Waals surface area contributed by atoms with Crippen molar-refractivity contribution in [1.82, 2.24) is 4.57 Å². The minimum absolute atomic E-state index is 0.0604. The first-order chi connectivity index (χ1) is 11.7. The zero-order chi connectivity index (χ0) is 16.8. The smallest absolute Gasteiger partial charge is 0.341 e. The minimum atomic E-state index is -0.537. The number of aromatic nitrogens is 1. The van der Waals surface area contributed by atoms with Crippen LogP contribution in [0.2, 0.25) is 0 Å². The normalized spacial score (nSPS) is 11.4. The molecule has 0 aliphatic carbocycles. The second-order valence-corrected chi connectivity index (χ2v) is 5.81. The van der Waals surface area contributed by atoms with Gasteiger partial charge in [0, 0.05) is 28.2 Å². The van der Waals surface area contributed by atoms with Gasteiger partial charge in [-0.15, -0.1) is 0 Å². The molecule has 4 rings (SSSR count). The number of benzene rings is 3. The maximum Gasteiger partial charge on any atom is 0.341 e. The second kappa shape index (κ2) is 5.27. The van der Waals surface area contributed by atoms with Gasteiger partial charge in [-0.3, -0.25) is 0 Å². The lowest BCUT2D eigenvalue weighted by atomic mass is 10.0. The van der Waals surface area contributed by atoms with Crippen LogP contribution in [0.1, 0.15) is 17.3 Å². The number of nitrogens with zero attached hydrogens (tertiary/aromatic N) is 1. The van der Waals surface area contributed by atoms with Gasteiger partial charge in [0.15, 0.2) is 0 Å². The van der Waals surface area contributed by atoms with Gasteiger partial charge in [0.2, 0.25) is 0 Å². The molecule has 4 heteroatoms. The molecule has 24 heavy (non-hydrogen) atoms. The zero-order valence-electron chi connectivity index (χ0n) is 13.5. The fraction of sp³-hybridized carbons (Fsp3) is 0.150. The molecule has 0 spiro atoms. The van der Waals surface area contributed by atoms with Crippen LogP contribution in [-0.4, -0.2) is 22.8 Å². The van der Waals surface area contributed by atoms with E-state index in [9.17, 15) is 9.90 Å². The molecule has 4 nitrogen and oxygen atoms in total. The number of phenols is 1. The van der Waals surface area contributed by atoms with Crippen molar-refractivity contribution in [2.45, 2.75) is 13.5 Å². The molecular formula is C20H17NO3. The molecule has 0 aliphatic heterocycles. The van der Waals surface area contributed by atoms with Gasteiger partial charge in [0.25, 0.3) is 0 Å². The molecule has 120 valence electrons. The van der Waals surface area contributed by atoms with Gasteiger partial charge < -0.3 is 14.4 Å². The number of aryl methyl sites for hydroxylation is 1. The van der Waals surface area contributed by atoms with E-state index in [1.54, 1.807) is 12.1 Å². The average molecular weight is 319 g/mol. The summed E-state index contributed by atoms with van der Waals surface area (Å²) in [7, 11) is 1.31. The molecule has 4 aromatic rings. The predicted octanol–water partition coefficient (Wildman–Crippen LogP) is 4.46. The number of ether oxygens (including phenoxy) is 1. The van der Waals surface area contributed by atoms with Crippen LogP contribution in [0, 0.1) is 0 Å². The molecule has 0 saturated carbocycles. The van der Waals surface area contributed by atoms with Gasteiger partial charge in [0.05, 0.1) is 12.6 Å². The Labute approximate surface area is 138 Å². The first kappa shape index (κ1) is 14.6. The lowest BCUT2D eigenvalue weighted by Crippen LogP contribution is -2.01. The summed E-state index contributed by atoms with van der Waals surface area (Å²) in [6, 6.07) is 15.7. The molecule has 0 unspecified atom stereocenters. The van der Waals surface area contributed by atoms with Crippen LogP contribution in [0.25, 0.3) is 32.6 Å². The molecule has 0 bridgehead atoms. The molecule has 0 atom stereocenters. The number of phenolic OH excluding ortho intramolecular Hbond substituents is 1. The third-order valence-electron chi connectivity index (χ3n) is 4.58. The number of aromatic hydroxyl groups is 1. The van der Waals surface area contributed by atoms with Crippen LogP contribution in [0.3, 0.4) is 0 Å². The fourth-order valence-electron chi connectivity index (χ4n) is 3.51. The zero-order valence-corrected chi connectivity index (χ0v) is 13.5. The number of esters is 1. The topological polar surface area (TPSA) is 51.5 Å². The van der Waals surface area contributed by atoms with Crippen molar-refractivity contribution in [1.29, 1.82) is 0 Å². The van der Waals surface area contributed by atoms with E-state index in [0.717, 1.165) is 28.2 Å². The van der Waals surface area contributed by atoms with Crippen molar-refractivity contribution in [3.63, 3.8) is 0 Å². The maximum atomic E-state index is 11.8. The summed E-state index contributed by atoms with van der Waals surface area (Å²) in [6.45, 7) is 2.93. The monoisotopic (exact) mass is 319 g/mol. The van der Waals surface area contributed by atoms with Crippen molar-refractivity contribution < 1.29 is 14.6 Å².